The molecule has 120 valence electrons. The average molecular weight is 308 g/mol. The Morgan fingerprint density at radius 2 is 2.09 bits per heavy atom. The zero-order valence-corrected chi connectivity index (χ0v) is 12.9. The quantitative estimate of drug-likeness (QED) is 0.490. The lowest BCUT2D eigenvalue weighted by Crippen LogP contribution is -2.21. The van der Waals surface area contributed by atoms with Crippen molar-refractivity contribution in [1.82, 2.24) is 0 Å². The van der Waals surface area contributed by atoms with Crippen LogP contribution in [-0.4, -0.2) is 45.9 Å². The van der Waals surface area contributed by atoms with Crippen molar-refractivity contribution in [2.24, 2.45) is 4.99 Å². The molecule has 0 atom stereocenters. The second-order valence-electron chi connectivity index (χ2n) is 4.78. The third kappa shape index (κ3) is 3.37. The summed E-state index contributed by atoms with van der Waals surface area (Å²) in [6.45, 7) is 0.292. The highest BCUT2D eigenvalue weighted by atomic mass is 16.7. The second kappa shape index (κ2) is 7.24. The molecule has 1 aliphatic heterocycles. The van der Waals surface area contributed by atoms with E-state index >= 15 is 0 Å². The van der Waals surface area contributed by atoms with Gasteiger partial charge < -0.3 is 24.7 Å². The van der Waals surface area contributed by atoms with E-state index in [4.69, 9.17) is 24.7 Å². The number of ether oxygens (including phenoxy) is 4. The predicted molar refractivity (Wildman–Crippen MR) is 81.8 cm³/mol. The number of esters is 1. The molecule has 0 fully saturated rings. The minimum Gasteiger partial charge on any atom is -0.484 e. The maximum atomic E-state index is 11.8. The number of nitrogens with zero attached hydrogens (tertiary/aromatic N) is 1. The second-order valence-corrected chi connectivity index (χ2v) is 4.78. The van der Waals surface area contributed by atoms with Gasteiger partial charge in [-0.3, -0.25) is 4.99 Å². The van der Waals surface area contributed by atoms with E-state index in [1.807, 2.05) is 0 Å². The molecule has 0 bridgehead atoms. The Kier molecular flexibility index (Phi) is 5.35. The number of anilines is 1. The highest BCUT2D eigenvalue weighted by Crippen LogP contribution is 2.38. The molecule has 7 nitrogen and oxygen atoms in total. The van der Waals surface area contributed by atoms with Crippen LogP contribution >= 0.6 is 0 Å². The molecule has 0 radical (unpaired) electrons. The fraction of sp³-hybridized carbons (Fsp3) is 0.467. The van der Waals surface area contributed by atoms with Gasteiger partial charge in [-0.05, 0) is 18.6 Å². The van der Waals surface area contributed by atoms with Crippen molar-refractivity contribution in [2.45, 2.75) is 19.1 Å². The summed E-state index contributed by atoms with van der Waals surface area (Å²) in [4.78, 5) is 16.3. The van der Waals surface area contributed by atoms with Crippen LogP contribution in [0.4, 0.5) is 11.4 Å². The van der Waals surface area contributed by atoms with Gasteiger partial charge in [-0.2, -0.15) is 0 Å². The van der Waals surface area contributed by atoms with E-state index in [0.717, 1.165) is 5.71 Å². The molecule has 0 aliphatic carbocycles. The standard InChI is InChI=1S/C15H20N2O5/c1-19-12(20-2)7-4-9-8-22-14-11(17-9)6-5-10(16)13(14)15(18)21-3/h5-6,12H,4,7-8,16H2,1-3H3. The van der Waals surface area contributed by atoms with Gasteiger partial charge in [0.1, 0.15) is 17.9 Å². The zero-order chi connectivity index (χ0) is 16.1. The first-order chi connectivity index (χ1) is 10.6. The lowest BCUT2D eigenvalue weighted by Gasteiger charge is -2.21. The summed E-state index contributed by atoms with van der Waals surface area (Å²) in [5.74, 6) is -0.169. The minimum atomic E-state index is -0.535. The fourth-order valence-electron chi connectivity index (χ4n) is 2.24. The molecule has 0 aromatic heterocycles. The Bertz CT molecular complexity index is 582. The molecular formula is C15H20N2O5. The highest BCUT2D eigenvalue weighted by Gasteiger charge is 2.24. The monoisotopic (exact) mass is 308 g/mol. The molecule has 2 rings (SSSR count). The maximum absolute atomic E-state index is 11.8. The lowest BCUT2D eigenvalue weighted by molar-refractivity contribution is -0.104. The van der Waals surface area contributed by atoms with Crippen LogP contribution in [0.3, 0.4) is 0 Å². The molecule has 1 aromatic carbocycles. The van der Waals surface area contributed by atoms with Gasteiger partial charge >= 0.3 is 5.97 Å². The molecule has 0 unspecified atom stereocenters. The van der Waals surface area contributed by atoms with Crippen LogP contribution in [0, 0.1) is 0 Å². The molecular weight excluding hydrogens is 288 g/mol. The molecule has 1 aromatic rings. The lowest BCUT2D eigenvalue weighted by atomic mass is 10.1. The SMILES string of the molecule is COC(=O)c1c(N)ccc2c1OCC(CCC(OC)OC)=N2. The number of fused-ring (bicyclic) bond motifs is 1. The summed E-state index contributed by atoms with van der Waals surface area (Å²) in [5, 5.41) is 0. The zero-order valence-electron chi connectivity index (χ0n) is 12.9. The normalized spacial score (nSPS) is 13.4. The molecule has 0 amide bonds. The number of nitrogen functional groups attached to an aromatic ring is 1. The predicted octanol–water partition coefficient (Wildman–Crippen LogP) is 1.92. The summed E-state index contributed by atoms with van der Waals surface area (Å²) in [6, 6.07) is 3.34. The molecule has 1 heterocycles. The van der Waals surface area contributed by atoms with E-state index in [9.17, 15) is 4.79 Å². The first-order valence-electron chi connectivity index (χ1n) is 6.86. The molecule has 22 heavy (non-hydrogen) atoms. The summed E-state index contributed by atoms with van der Waals surface area (Å²) in [5.41, 5.74) is 7.78. The van der Waals surface area contributed by atoms with Gasteiger partial charge in [0.05, 0.1) is 18.5 Å². The van der Waals surface area contributed by atoms with E-state index in [-0.39, 0.29) is 11.9 Å². The molecule has 2 N–H and O–H groups in total. The van der Waals surface area contributed by atoms with Crippen LogP contribution in [-0.2, 0) is 14.2 Å². The third-order valence-corrected chi connectivity index (χ3v) is 3.41. The smallest absolute Gasteiger partial charge is 0.343 e. The summed E-state index contributed by atoms with van der Waals surface area (Å²) in [6.07, 6.45) is 1.06. The number of rotatable bonds is 6. The summed E-state index contributed by atoms with van der Waals surface area (Å²) >= 11 is 0. The van der Waals surface area contributed by atoms with E-state index in [2.05, 4.69) is 4.99 Å². The van der Waals surface area contributed by atoms with E-state index in [1.165, 1.54) is 7.11 Å². The number of aliphatic imine (C=N–C) groups is 1. The topological polar surface area (TPSA) is 92.4 Å². The Hall–Kier alpha value is -2.12. The number of carbonyl (C=O) groups excluding carboxylic acids is 1. The van der Waals surface area contributed by atoms with Crippen molar-refractivity contribution in [2.75, 3.05) is 33.7 Å². The van der Waals surface area contributed by atoms with Crippen molar-refractivity contribution in [3.05, 3.63) is 17.7 Å². The summed E-state index contributed by atoms with van der Waals surface area (Å²) < 4.78 is 20.7. The number of carbonyl (C=O) groups is 1. The summed E-state index contributed by atoms with van der Waals surface area (Å²) in [7, 11) is 4.48. The maximum Gasteiger partial charge on any atom is 0.343 e. The minimum absolute atomic E-state index is 0.217. The van der Waals surface area contributed by atoms with E-state index in [1.54, 1.807) is 26.4 Å². The Balaban J connectivity index is 2.21. The Labute approximate surface area is 129 Å². The van der Waals surface area contributed by atoms with Gasteiger partial charge in [0.25, 0.3) is 0 Å². The number of hydrogen-bond donors (Lipinski definition) is 1. The number of nitrogens with two attached hydrogens (primary N) is 1. The number of benzene rings is 1. The Morgan fingerprint density at radius 1 is 1.36 bits per heavy atom. The first kappa shape index (κ1) is 16.3. The molecule has 0 spiro atoms. The number of methoxy groups -OCH3 is 3. The van der Waals surface area contributed by atoms with Gasteiger partial charge in [-0.1, -0.05) is 0 Å². The van der Waals surface area contributed by atoms with Gasteiger partial charge in [0, 0.05) is 20.6 Å². The molecule has 1 aliphatic rings. The number of hydrogen-bond acceptors (Lipinski definition) is 7. The highest BCUT2D eigenvalue weighted by molar-refractivity contribution is 6.02. The Morgan fingerprint density at radius 3 is 2.73 bits per heavy atom. The van der Waals surface area contributed by atoms with Crippen LogP contribution in [0.5, 0.6) is 5.75 Å². The average Bonchev–Trinajstić information content (AvgIpc) is 2.55. The largest absolute Gasteiger partial charge is 0.484 e. The van der Waals surface area contributed by atoms with Gasteiger partial charge in [-0.25, -0.2) is 4.79 Å². The van der Waals surface area contributed by atoms with Crippen molar-refractivity contribution < 1.29 is 23.7 Å². The third-order valence-electron chi connectivity index (χ3n) is 3.41. The molecule has 0 saturated heterocycles. The van der Waals surface area contributed by atoms with Crippen molar-refractivity contribution in [3.8, 4) is 5.75 Å². The van der Waals surface area contributed by atoms with Crippen LogP contribution in [0.1, 0.15) is 23.2 Å². The van der Waals surface area contributed by atoms with E-state index < -0.39 is 5.97 Å². The van der Waals surface area contributed by atoms with Gasteiger partial charge in [0.2, 0.25) is 0 Å². The van der Waals surface area contributed by atoms with Crippen LogP contribution < -0.4 is 10.5 Å². The molecule has 7 heteroatoms. The van der Waals surface area contributed by atoms with Crippen molar-refractivity contribution in [3.63, 3.8) is 0 Å². The fourth-order valence-corrected chi connectivity index (χ4v) is 2.24. The van der Waals surface area contributed by atoms with Gasteiger partial charge in [-0.15, -0.1) is 0 Å². The van der Waals surface area contributed by atoms with Gasteiger partial charge in [0.15, 0.2) is 12.0 Å². The molecule has 0 saturated carbocycles. The van der Waals surface area contributed by atoms with Crippen molar-refractivity contribution >= 4 is 23.1 Å². The van der Waals surface area contributed by atoms with Crippen LogP contribution in [0.2, 0.25) is 0 Å². The first-order valence-corrected chi connectivity index (χ1v) is 6.86. The van der Waals surface area contributed by atoms with Crippen molar-refractivity contribution in [1.29, 1.82) is 0 Å². The van der Waals surface area contributed by atoms with Crippen LogP contribution in [0.15, 0.2) is 17.1 Å². The van der Waals surface area contributed by atoms with Crippen LogP contribution in [0.25, 0.3) is 0 Å². The van der Waals surface area contributed by atoms with E-state index in [0.29, 0.717) is 36.6 Å².